The van der Waals surface area contributed by atoms with E-state index in [1.807, 2.05) is 0 Å². The highest BCUT2D eigenvalue weighted by molar-refractivity contribution is 7.99. The minimum absolute atomic E-state index is 0.0310. The summed E-state index contributed by atoms with van der Waals surface area (Å²) in [5, 5.41) is 12.2. The molecule has 2 aromatic rings. The molecule has 0 aliphatic heterocycles. The molecule has 0 unspecified atom stereocenters. The zero-order valence-electron chi connectivity index (χ0n) is 10.3. The zero-order valence-corrected chi connectivity index (χ0v) is 11.9. The minimum atomic E-state index is -2.52. The summed E-state index contributed by atoms with van der Waals surface area (Å²) in [4.78, 5) is 15.8. The van der Waals surface area contributed by atoms with Crippen LogP contribution in [0.4, 0.5) is 19.6 Å². The Labute approximate surface area is 121 Å². The van der Waals surface area contributed by atoms with E-state index in [0.717, 1.165) is 0 Å². The van der Waals surface area contributed by atoms with Crippen LogP contribution < -0.4 is 5.32 Å². The van der Waals surface area contributed by atoms with Gasteiger partial charge in [0, 0.05) is 9.77 Å². The summed E-state index contributed by atoms with van der Waals surface area (Å²) in [6.07, 6.45) is 0. The molecule has 8 heteroatoms. The maximum atomic E-state index is 12.5. The number of nitrogens with one attached hydrogen (secondary N) is 1. The van der Waals surface area contributed by atoms with Gasteiger partial charge in [-0.15, -0.1) is 11.3 Å². The van der Waals surface area contributed by atoms with Crippen molar-refractivity contribution in [2.24, 2.45) is 0 Å². The lowest BCUT2D eigenvalue weighted by atomic mass is 10.3. The molecule has 2 N–H and O–H groups in total. The van der Waals surface area contributed by atoms with Gasteiger partial charge in [-0.05, 0) is 19.1 Å². The molecule has 1 aromatic carbocycles. The number of rotatable bonds is 5. The number of nitrogens with zero attached hydrogens (tertiary/aromatic N) is 1. The molecule has 0 radical (unpaired) electrons. The summed E-state index contributed by atoms with van der Waals surface area (Å²) in [5.74, 6) is -3.63. The molecule has 106 valence electrons. The molecule has 0 atom stereocenters. The zero-order chi connectivity index (χ0) is 14.7. The van der Waals surface area contributed by atoms with E-state index in [2.05, 4.69) is 10.3 Å². The summed E-state index contributed by atoms with van der Waals surface area (Å²) in [6, 6.07) is 6.57. The van der Waals surface area contributed by atoms with Gasteiger partial charge in [-0.3, -0.25) is 0 Å². The number of aryl methyl sites for hydroxylation is 1. The number of thioether (sulfide) groups is 1. The lowest BCUT2D eigenvalue weighted by Crippen LogP contribution is -1.99. The fourth-order valence-electron chi connectivity index (χ4n) is 1.53. The van der Waals surface area contributed by atoms with Gasteiger partial charge < -0.3 is 10.4 Å². The maximum Gasteiger partial charge on any atom is 0.355 e. The topological polar surface area (TPSA) is 62.2 Å². The van der Waals surface area contributed by atoms with Gasteiger partial charge >= 0.3 is 5.97 Å². The first-order chi connectivity index (χ1) is 9.47. The number of carbonyl (C=O) groups is 1. The van der Waals surface area contributed by atoms with Crippen molar-refractivity contribution >= 4 is 39.9 Å². The Balaban J connectivity index is 2.26. The summed E-state index contributed by atoms with van der Waals surface area (Å²) in [6.45, 7) is 1.64. The molecule has 1 aromatic heterocycles. The van der Waals surface area contributed by atoms with Crippen molar-refractivity contribution in [2.45, 2.75) is 17.6 Å². The van der Waals surface area contributed by atoms with E-state index in [9.17, 15) is 13.6 Å². The second-order valence-corrected chi connectivity index (χ2v) is 5.96. The Morgan fingerprint density at radius 3 is 2.75 bits per heavy atom. The number of carboxylic acids is 1. The van der Waals surface area contributed by atoms with Crippen molar-refractivity contribution in [3.05, 3.63) is 34.8 Å². The van der Waals surface area contributed by atoms with Crippen LogP contribution in [0.3, 0.4) is 0 Å². The van der Waals surface area contributed by atoms with E-state index >= 15 is 0 Å². The van der Waals surface area contributed by atoms with Crippen molar-refractivity contribution in [1.82, 2.24) is 4.98 Å². The average Bonchev–Trinajstić information content (AvgIpc) is 2.72. The van der Waals surface area contributed by atoms with Crippen LogP contribution >= 0.6 is 23.1 Å². The predicted octanol–water partition coefficient (Wildman–Crippen LogP) is 4.21. The average molecular weight is 316 g/mol. The van der Waals surface area contributed by atoms with Gasteiger partial charge in [0.05, 0.1) is 5.69 Å². The molecule has 0 amide bonds. The van der Waals surface area contributed by atoms with Gasteiger partial charge in [0.15, 0.2) is 10.8 Å². The number of aromatic carboxylic acids is 1. The molecule has 0 saturated heterocycles. The molecule has 0 aliphatic rings. The van der Waals surface area contributed by atoms with Crippen LogP contribution in [0.15, 0.2) is 29.2 Å². The van der Waals surface area contributed by atoms with E-state index in [1.54, 1.807) is 31.2 Å². The van der Waals surface area contributed by atoms with E-state index in [0.29, 0.717) is 32.4 Å². The lowest BCUT2D eigenvalue weighted by molar-refractivity contribution is 0.0690. The standard InChI is InChI=1S/C12H10F2N2O2S2/c1-6-9(10(17)18)16-12(19-6)15-7-4-2-3-5-8(7)20-11(13)14/h2-5,11H,1H3,(H,15,16)(H,17,18). The van der Waals surface area contributed by atoms with Gasteiger partial charge in [0.2, 0.25) is 0 Å². The SMILES string of the molecule is Cc1sc(Nc2ccccc2SC(F)F)nc1C(=O)O. The minimum Gasteiger partial charge on any atom is -0.476 e. The number of hydrogen-bond donors (Lipinski definition) is 2. The quantitative estimate of drug-likeness (QED) is 0.809. The van der Waals surface area contributed by atoms with Crippen LogP contribution in [0.2, 0.25) is 0 Å². The Morgan fingerprint density at radius 2 is 2.15 bits per heavy atom. The maximum absolute atomic E-state index is 12.5. The summed E-state index contributed by atoms with van der Waals surface area (Å²) >= 11 is 1.59. The molecule has 0 fully saturated rings. The summed E-state index contributed by atoms with van der Waals surface area (Å²) < 4.78 is 24.9. The lowest BCUT2D eigenvalue weighted by Gasteiger charge is -2.08. The molecule has 0 bridgehead atoms. The molecular weight excluding hydrogens is 306 g/mol. The number of alkyl halides is 2. The number of carboxylic acid groups (broad SMARTS) is 1. The van der Waals surface area contributed by atoms with E-state index in [4.69, 9.17) is 5.11 Å². The molecular formula is C12H10F2N2O2S2. The monoisotopic (exact) mass is 316 g/mol. The van der Waals surface area contributed by atoms with Crippen LogP contribution in [0.5, 0.6) is 0 Å². The predicted molar refractivity (Wildman–Crippen MR) is 75.4 cm³/mol. The van der Waals surface area contributed by atoms with Gasteiger partial charge in [-0.2, -0.15) is 8.78 Å². The molecule has 4 nitrogen and oxygen atoms in total. The molecule has 20 heavy (non-hydrogen) atoms. The van der Waals surface area contributed by atoms with Gasteiger partial charge in [0.1, 0.15) is 0 Å². The van der Waals surface area contributed by atoms with Crippen LogP contribution in [0, 0.1) is 6.92 Å². The fraction of sp³-hybridized carbons (Fsp3) is 0.167. The highest BCUT2D eigenvalue weighted by atomic mass is 32.2. The second-order valence-electron chi connectivity index (χ2n) is 3.73. The second kappa shape index (κ2) is 6.19. The Kier molecular flexibility index (Phi) is 4.56. The Hall–Kier alpha value is -1.67. The number of hydrogen-bond acceptors (Lipinski definition) is 5. The number of aromatic nitrogens is 1. The molecule has 0 aliphatic carbocycles. The number of anilines is 2. The highest BCUT2D eigenvalue weighted by Crippen LogP contribution is 2.34. The van der Waals surface area contributed by atoms with Crippen molar-refractivity contribution < 1.29 is 18.7 Å². The smallest absolute Gasteiger partial charge is 0.355 e. The van der Waals surface area contributed by atoms with Gasteiger partial charge in [0.25, 0.3) is 5.76 Å². The van der Waals surface area contributed by atoms with Crippen molar-refractivity contribution in [3.63, 3.8) is 0 Å². The molecule has 2 rings (SSSR count). The number of halogens is 2. The molecule has 0 spiro atoms. The van der Waals surface area contributed by atoms with Gasteiger partial charge in [-0.25, -0.2) is 9.78 Å². The van der Waals surface area contributed by atoms with E-state index in [-0.39, 0.29) is 5.69 Å². The van der Waals surface area contributed by atoms with Crippen LogP contribution in [-0.2, 0) is 0 Å². The first-order valence-corrected chi connectivity index (χ1v) is 7.18. The van der Waals surface area contributed by atoms with E-state index in [1.165, 1.54) is 11.3 Å². The third kappa shape index (κ3) is 3.45. The van der Waals surface area contributed by atoms with Crippen LogP contribution in [-0.4, -0.2) is 21.8 Å². The largest absolute Gasteiger partial charge is 0.476 e. The van der Waals surface area contributed by atoms with Crippen molar-refractivity contribution in [2.75, 3.05) is 5.32 Å². The third-order valence-corrected chi connectivity index (χ3v) is 4.02. The summed E-state index contributed by atoms with van der Waals surface area (Å²) in [5.41, 5.74) is 0.444. The van der Waals surface area contributed by atoms with Gasteiger partial charge in [-0.1, -0.05) is 23.9 Å². The number of para-hydroxylation sites is 1. The number of benzene rings is 1. The van der Waals surface area contributed by atoms with Crippen molar-refractivity contribution in [1.29, 1.82) is 0 Å². The summed E-state index contributed by atoms with van der Waals surface area (Å²) in [7, 11) is 0. The molecule has 0 saturated carbocycles. The normalized spacial score (nSPS) is 10.8. The third-order valence-electron chi connectivity index (χ3n) is 2.34. The highest BCUT2D eigenvalue weighted by Gasteiger charge is 2.15. The van der Waals surface area contributed by atoms with Crippen molar-refractivity contribution in [3.8, 4) is 0 Å². The first-order valence-electron chi connectivity index (χ1n) is 5.49. The van der Waals surface area contributed by atoms with Crippen LogP contribution in [0.1, 0.15) is 15.4 Å². The fourth-order valence-corrected chi connectivity index (χ4v) is 2.94. The molecule has 1 heterocycles. The number of thiazole rings is 1. The van der Waals surface area contributed by atoms with E-state index < -0.39 is 11.7 Å². The first kappa shape index (κ1) is 14.7. The Bertz CT molecular complexity index is 632. The Morgan fingerprint density at radius 1 is 1.45 bits per heavy atom. The van der Waals surface area contributed by atoms with Crippen LogP contribution in [0.25, 0.3) is 0 Å².